The highest BCUT2D eigenvalue weighted by Gasteiger charge is 2.14. The molecule has 0 saturated carbocycles. The molecule has 0 aliphatic heterocycles. The van der Waals surface area contributed by atoms with E-state index in [2.05, 4.69) is 20.0 Å². The van der Waals surface area contributed by atoms with Crippen LogP contribution in [0.4, 0.5) is 0 Å². The number of hydrogen-bond acceptors (Lipinski definition) is 4. The van der Waals surface area contributed by atoms with Gasteiger partial charge in [0.1, 0.15) is 5.69 Å². The molecule has 0 saturated heterocycles. The normalized spacial score (nSPS) is 10.7. The summed E-state index contributed by atoms with van der Waals surface area (Å²) < 4.78 is 6.30. The minimum Gasteiger partial charge on any atom is -0.464 e. The van der Waals surface area contributed by atoms with Gasteiger partial charge in [-0.05, 0) is 0 Å². The highest BCUT2D eigenvalue weighted by molar-refractivity contribution is 5.88. The number of fused-ring (bicyclic) bond motifs is 1. The molecule has 3 rings (SSSR count). The quantitative estimate of drug-likeness (QED) is 0.691. The molecule has 3 aromatic rings. The summed E-state index contributed by atoms with van der Waals surface area (Å²) in [5.74, 6) is 0.222. The number of aromatic amines is 1. The second-order valence-electron chi connectivity index (χ2n) is 3.74. The Morgan fingerprint density at radius 2 is 2.06 bits per heavy atom. The van der Waals surface area contributed by atoms with E-state index in [-0.39, 0.29) is 0 Å². The molecule has 0 unspecified atom stereocenters. The number of nitrogens with one attached hydrogen (secondary N) is 1. The van der Waals surface area contributed by atoms with Crippen LogP contribution in [0.25, 0.3) is 17.0 Å². The van der Waals surface area contributed by atoms with Crippen LogP contribution < -0.4 is 0 Å². The maximum atomic E-state index is 11.4. The first-order chi connectivity index (χ1) is 8.79. The molecule has 90 valence electrons. The van der Waals surface area contributed by atoms with Crippen molar-refractivity contribution >= 4 is 11.6 Å². The van der Waals surface area contributed by atoms with Gasteiger partial charge in [-0.2, -0.15) is 0 Å². The van der Waals surface area contributed by atoms with Crippen LogP contribution in [0.2, 0.25) is 0 Å². The van der Waals surface area contributed by atoms with Crippen molar-refractivity contribution in [1.82, 2.24) is 19.8 Å². The van der Waals surface area contributed by atoms with E-state index < -0.39 is 5.97 Å². The van der Waals surface area contributed by atoms with E-state index in [1.807, 2.05) is 30.3 Å². The molecule has 0 bridgehead atoms. The molecule has 2 heterocycles. The standard InChI is InChI=1S/C12H10N4O2/c1-18-12(17)9-7-10-13-14-11(16(10)15-9)8-5-3-2-4-6-8/h2-7,15H,1H3. The Morgan fingerprint density at radius 3 is 2.78 bits per heavy atom. The fourth-order valence-electron chi connectivity index (χ4n) is 1.77. The Balaban J connectivity index is 2.14. The topological polar surface area (TPSA) is 72.3 Å². The highest BCUT2D eigenvalue weighted by Crippen LogP contribution is 2.18. The Labute approximate surface area is 102 Å². The average molecular weight is 242 g/mol. The first-order valence-corrected chi connectivity index (χ1v) is 5.37. The van der Waals surface area contributed by atoms with Gasteiger partial charge in [0.15, 0.2) is 11.5 Å². The number of aromatic nitrogens is 4. The van der Waals surface area contributed by atoms with Crippen LogP contribution in [-0.4, -0.2) is 32.9 Å². The molecule has 0 spiro atoms. The van der Waals surface area contributed by atoms with Gasteiger partial charge in [-0.3, -0.25) is 5.10 Å². The zero-order valence-corrected chi connectivity index (χ0v) is 9.62. The monoisotopic (exact) mass is 242 g/mol. The molecule has 0 fully saturated rings. The maximum Gasteiger partial charge on any atom is 0.356 e. The summed E-state index contributed by atoms with van der Waals surface area (Å²) in [7, 11) is 1.34. The van der Waals surface area contributed by atoms with E-state index in [1.54, 1.807) is 10.6 Å². The average Bonchev–Trinajstić information content (AvgIpc) is 2.98. The van der Waals surface area contributed by atoms with E-state index in [9.17, 15) is 4.79 Å². The van der Waals surface area contributed by atoms with Crippen molar-refractivity contribution in [3.05, 3.63) is 42.1 Å². The molecular weight excluding hydrogens is 232 g/mol. The number of ether oxygens (including phenoxy) is 1. The SMILES string of the molecule is COC(=O)c1cc2nnc(-c3ccccc3)n2[nH]1. The zero-order valence-electron chi connectivity index (χ0n) is 9.62. The summed E-state index contributed by atoms with van der Waals surface area (Å²) in [6.07, 6.45) is 0. The smallest absolute Gasteiger partial charge is 0.356 e. The summed E-state index contributed by atoms with van der Waals surface area (Å²) in [5, 5.41) is 11.0. The number of H-pyrrole nitrogens is 1. The third-order valence-corrected chi connectivity index (χ3v) is 2.63. The van der Waals surface area contributed by atoms with Gasteiger partial charge in [-0.1, -0.05) is 30.3 Å². The summed E-state index contributed by atoms with van der Waals surface area (Å²) >= 11 is 0. The van der Waals surface area contributed by atoms with Crippen molar-refractivity contribution in [3.8, 4) is 11.4 Å². The van der Waals surface area contributed by atoms with Crippen LogP contribution in [0.15, 0.2) is 36.4 Å². The number of rotatable bonds is 2. The lowest BCUT2D eigenvalue weighted by Gasteiger charge is -1.97. The summed E-state index contributed by atoms with van der Waals surface area (Å²) in [6, 6.07) is 11.2. The Bertz CT molecular complexity index is 699. The molecule has 2 aromatic heterocycles. The Hall–Kier alpha value is -2.63. The molecule has 1 aromatic carbocycles. The van der Waals surface area contributed by atoms with Crippen LogP contribution in [0, 0.1) is 0 Å². The van der Waals surface area contributed by atoms with Crippen LogP contribution in [0.5, 0.6) is 0 Å². The predicted molar refractivity (Wildman–Crippen MR) is 64.1 cm³/mol. The first kappa shape index (κ1) is 10.5. The fourth-order valence-corrected chi connectivity index (χ4v) is 1.77. The lowest BCUT2D eigenvalue weighted by atomic mass is 10.2. The minimum atomic E-state index is -0.431. The van der Waals surface area contributed by atoms with Gasteiger partial charge in [0.05, 0.1) is 7.11 Å². The van der Waals surface area contributed by atoms with Crippen LogP contribution in [0.1, 0.15) is 10.5 Å². The zero-order chi connectivity index (χ0) is 12.5. The van der Waals surface area contributed by atoms with Gasteiger partial charge in [-0.25, -0.2) is 9.31 Å². The van der Waals surface area contributed by atoms with Gasteiger partial charge in [0, 0.05) is 11.6 Å². The number of methoxy groups -OCH3 is 1. The van der Waals surface area contributed by atoms with E-state index >= 15 is 0 Å². The van der Waals surface area contributed by atoms with Crippen molar-refractivity contribution in [2.45, 2.75) is 0 Å². The second-order valence-corrected chi connectivity index (χ2v) is 3.74. The molecule has 6 nitrogen and oxygen atoms in total. The number of carbonyl (C=O) groups excluding carboxylic acids is 1. The van der Waals surface area contributed by atoms with Gasteiger partial charge < -0.3 is 4.74 Å². The highest BCUT2D eigenvalue weighted by atomic mass is 16.5. The van der Waals surface area contributed by atoms with Crippen molar-refractivity contribution in [1.29, 1.82) is 0 Å². The lowest BCUT2D eigenvalue weighted by molar-refractivity contribution is 0.0593. The molecule has 0 aliphatic rings. The number of benzene rings is 1. The van der Waals surface area contributed by atoms with Crippen molar-refractivity contribution in [3.63, 3.8) is 0 Å². The molecule has 0 radical (unpaired) electrons. The van der Waals surface area contributed by atoms with E-state index in [1.165, 1.54) is 7.11 Å². The van der Waals surface area contributed by atoms with Gasteiger partial charge in [0.25, 0.3) is 0 Å². The number of nitrogens with zero attached hydrogens (tertiary/aromatic N) is 3. The fraction of sp³-hybridized carbons (Fsp3) is 0.0833. The molecular formula is C12H10N4O2. The molecule has 6 heteroatoms. The van der Waals surface area contributed by atoms with Crippen LogP contribution >= 0.6 is 0 Å². The number of carbonyl (C=O) groups is 1. The van der Waals surface area contributed by atoms with Crippen molar-refractivity contribution in [2.24, 2.45) is 0 Å². The van der Waals surface area contributed by atoms with Crippen molar-refractivity contribution in [2.75, 3.05) is 7.11 Å². The van der Waals surface area contributed by atoms with Gasteiger partial charge in [-0.15, -0.1) is 10.2 Å². The van der Waals surface area contributed by atoms with Crippen LogP contribution in [0.3, 0.4) is 0 Å². The molecule has 0 amide bonds. The third kappa shape index (κ3) is 1.55. The van der Waals surface area contributed by atoms with Crippen LogP contribution in [-0.2, 0) is 4.74 Å². The van der Waals surface area contributed by atoms with E-state index in [0.717, 1.165) is 5.56 Å². The number of hydrogen-bond donors (Lipinski definition) is 1. The summed E-state index contributed by atoms with van der Waals surface area (Å²) in [5.41, 5.74) is 1.84. The third-order valence-electron chi connectivity index (χ3n) is 2.63. The number of esters is 1. The molecule has 0 atom stereocenters. The summed E-state index contributed by atoms with van der Waals surface area (Å²) in [6.45, 7) is 0. The van der Waals surface area contributed by atoms with Gasteiger partial charge in [0.2, 0.25) is 0 Å². The second kappa shape index (κ2) is 3.99. The minimum absolute atomic E-state index is 0.347. The maximum absolute atomic E-state index is 11.4. The lowest BCUT2D eigenvalue weighted by Crippen LogP contribution is -2.02. The van der Waals surface area contributed by atoms with Crippen molar-refractivity contribution < 1.29 is 9.53 Å². The Morgan fingerprint density at radius 1 is 1.28 bits per heavy atom. The largest absolute Gasteiger partial charge is 0.464 e. The van der Waals surface area contributed by atoms with Gasteiger partial charge >= 0.3 is 5.97 Å². The molecule has 0 aliphatic carbocycles. The molecule has 1 N–H and O–H groups in total. The van der Waals surface area contributed by atoms with E-state index in [0.29, 0.717) is 17.2 Å². The Kier molecular flexibility index (Phi) is 2.33. The van der Waals surface area contributed by atoms with E-state index in [4.69, 9.17) is 0 Å². The predicted octanol–water partition coefficient (Wildman–Crippen LogP) is 1.51. The summed E-state index contributed by atoms with van der Waals surface area (Å²) in [4.78, 5) is 11.4. The first-order valence-electron chi connectivity index (χ1n) is 5.37. The molecule has 18 heavy (non-hydrogen) atoms.